The normalized spacial score (nSPS) is 10.5. The summed E-state index contributed by atoms with van der Waals surface area (Å²) in [5.41, 5.74) is 4.11. The lowest BCUT2D eigenvalue weighted by Gasteiger charge is -2.14. The van der Waals surface area contributed by atoms with Gasteiger partial charge in [-0.2, -0.15) is 9.78 Å². The standard InChI is InChI=1S/C25H26N8O2/c1-15-6-5-7-17(10-15)24(34)30-18-9-8-16(2)19(11-18)31-23-12-20(25(35)27-4)32-33(23)22-13-21(26-3)28-14-29-22/h5-14,31H,1-4H3,(H,27,35)(H,30,34)(H,26,28,29). The van der Waals surface area contributed by atoms with Gasteiger partial charge in [-0.1, -0.05) is 23.8 Å². The molecular formula is C25H26N8O2. The van der Waals surface area contributed by atoms with Crippen molar-refractivity contribution in [3.63, 3.8) is 0 Å². The summed E-state index contributed by atoms with van der Waals surface area (Å²) >= 11 is 0. The first-order valence-corrected chi connectivity index (χ1v) is 11.0. The van der Waals surface area contributed by atoms with E-state index in [2.05, 4.69) is 36.3 Å². The largest absolute Gasteiger partial charge is 0.373 e. The molecule has 4 rings (SSSR count). The third-order valence-electron chi connectivity index (χ3n) is 5.33. The van der Waals surface area contributed by atoms with Crippen LogP contribution in [-0.2, 0) is 0 Å². The Hall–Kier alpha value is -4.73. The van der Waals surface area contributed by atoms with Gasteiger partial charge in [-0.25, -0.2) is 9.97 Å². The van der Waals surface area contributed by atoms with Crippen molar-refractivity contribution in [1.82, 2.24) is 25.1 Å². The van der Waals surface area contributed by atoms with E-state index in [4.69, 9.17) is 0 Å². The summed E-state index contributed by atoms with van der Waals surface area (Å²) in [5.74, 6) is 1.08. The highest BCUT2D eigenvalue weighted by Crippen LogP contribution is 2.27. The predicted octanol–water partition coefficient (Wildman–Crippen LogP) is 3.68. The molecule has 0 bridgehead atoms. The van der Waals surface area contributed by atoms with E-state index in [9.17, 15) is 9.59 Å². The maximum Gasteiger partial charge on any atom is 0.271 e. The van der Waals surface area contributed by atoms with Gasteiger partial charge < -0.3 is 21.3 Å². The lowest BCUT2D eigenvalue weighted by Crippen LogP contribution is -2.18. The predicted molar refractivity (Wildman–Crippen MR) is 136 cm³/mol. The highest BCUT2D eigenvalue weighted by atomic mass is 16.2. The summed E-state index contributed by atoms with van der Waals surface area (Å²) in [7, 11) is 3.30. The van der Waals surface area contributed by atoms with Crippen LogP contribution >= 0.6 is 0 Å². The summed E-state index contributed by atoms with van der Waals surface area (Å²) < 4.78 is 1.53. The fourth-order valence-corrected chi connectivity index (χ4v) is 3.45. The summed E-state index contributed by atoms with van der Waals surface area (Å²) in [5, 5.41) is 16.2. The molecule has 35 heavy (non-hydrogen) atoms. The van der Waals surface area contributed by atoms with Crippen molar-refractivity contribution < 1.29 is 9.59 Å². The minimum absolute atomic E-state index is 0.198. The Labute approximate surface area is 202 Å². The zero-order chi connectivity index (χ0) is 24.9. The number of rotatable bonds is 7. The van der Waals surface area contributed by atoms with E-state index in [-0.39, 0.29) is 17.5 Å². The Balaban J connectivity index is 1.67. The van der Waals surface area contributed by atoms with Crippen molar-refractivity contribution in [3.8, 4) is 5.82 Å². The molecule has 0 saturated heterocycles. The average molecular weight is 471 g/mol. The Bertz CT molecular complexity index is 1400. The molecule has 0 unspecified atom stereocenters. The smallest absolute Gasteiger partial charge is 0.271 e. The highest BCUT2D eigenvalue weighted by Gasteiger charge is 2.17. The van der Waals surface area contributed by atoms with Crippen LogP contribution in [0, 0.1) is 13.8 Å². The molecule has 0 aliphatic rings. The summed E-state index contributed by atoms with van der Waals surface area (Å²) in [6.45, 7) is 3.89. The van der Waals surface area contributed by atoms with Gasteiger partial charge in [0.25, 0.3) is 11.8 Å². The van der Waals surface area contributed by atoms with Crippen molar-refractivity contribution in [2.75, 3.05) is 30.0 Å². The fraction of sp³-hybridized carbons (Fsp3) is 0.160. The van der Waals surface area contributed by atoms with E-state index in [1.54, 1.807) is 32.3 Å². The van der Waals surface area contributed by atoms with Crippen molar-refractivity contribution >= 4 is 34.8 Å². The fourth-order valence-electron chi connectivity index (χ4n) is 3.45. The van der Waals surface area contributed by atoms with Crippen molar-refractivity contribution in [1.29, 1.82) is 0 Å². The van der Waals surface area contributed by atoms with Crippen LogP contribution in [0.15, 0.2) is 60.9 Å². The Kier molecular flexibility index (Phi) is 6.72. The first-order chi connectivity index (χ1) is 16.9. The van der Waals surface area contributed by atoms with E-state index in [0.29, 0.717) is 28.7 Å². The van der Waals surface area contributed by atoms with Gasteiger partial charge >= 0.3 is 0 Å². The van der Waals surface area contributed by atoms with E-state index < -0.39 is 0 Å². The molecule has 4 N–H and O–H groups in total. The number of nitrogens with one attached hydrogen (secondary N) is 4. The third kappa shape index (κ3) is 5.27. The van der Waals surface area contributed by atoms with E-state index >= 15 is 0 Å². The van der Waals surface area contributed by atoms with Crippen LogP contribution in [0.4, 0.5) is 23.0 Å². The minimum Gasteiger partial charge on any atom is -0.373 e. The number of nitrogens with zero attached hydrogens (tertiary/aromatic N) is 4. The molecule has 0 aliphatic heterocycles. The number of benzene rings is 2. The minimum atomic E-state index is -0.328. The molecule has 2 amide bonds. The van der Waals surface area contributed by atoms with E-state index in [1.165, 1.54) is 11.0 Å². The molecule has 4 aromatic rings. The lowest BCUT2D eigenvalue weighted by molar-refractivity contribution is 0.0956. The molecule has 2 heterocycles. The SMILES string of the molecule is CNC(=O)c1cc(Nc2cc(NC(=O)c3cccc(C)c3)ccc2C)n(-c2cc(NC)ncn2)n1. The molecule has 0 fully saturated rings. The molecule has 2 aromatic carbocycles. The quantitative estimate of drug-likeness (QED) is 0.325. The summed E-state index contributed by atoms with van der Waals surface area (Å²) in [6.07, 6.45) is 1.42. The zero-order valence-electron chi connectivity index (χ0n) is 19.9. The third-order valence-corrected chi connectivity index (χ3v) is 5.33. The average Bonchev–Trinajstić information content (AvgIpc) is 3.29. The molecule has 2 aromatic heterocycles. The molecule has 0 aliphatic carbocycles. The van der Waals surface area contributed by atoms with Crippen LogP contribution in [0.25, 0.3) is 5.82 Å². The van der Waals surface area contributed by atoms with Gasteiger partial charge in [-0.15, -0.1) is 0 Å². The van der Waals surface area contributed by atoms with Gasteiger partial charge in [0.05, 0.1) is 0 Å². The Morgan fingerprint density at radius 3 is 2.49 bits per heavy atom. The van der Waals surface area contributed by atoms with Gasteiger partial charge in [0.1, 0.15) is 18.0 Å². The molecule has 178 valence electrons. The molecule has 10 nitrogen and oxygen atoms in total. The van der Waals surface area contributed by atoms with Gasteiger partial charge in [0.2, 0.25) is 0 Å². The number of aromatic nitrogens is 4. The number of aryl methyl sites for hydroxylation is 2. The second kappa shape index (κ2) is 10.0. The van der Waals surface area contributed by atoms with Crippen LogP contribution in [-0.4, -0.2) is 45.7 Å². The van der Waals surface area contributed by atoms with Gasteiger partial charge in [0.15, 0.2) is 11.5 Å². The number of carbonyl (C=O) groups is 2. The first kappa shape index (κ1) is 23.4. The second-order valence-corrected chi connectivity index (χ2v) is 7.90. The highest BCUT2D eigenvalue weighted by molar-refractivity contribution is 6.04. The number of amides is 2. The van der Waals surface area contributed by atoms with Gasteiger partial charge in [-0.3, -0.25) is 9.59 Å². The second-order valence-electron chi connectivity index (χ2n) is 7.90. The summed E-state index contributed by atoms with van der Waals surface area (Å²) in [6, 6.07) is 16.3. The topological polar surface area (TPSA) is 126 Å². The van der Waals surface area contributed by atoms with E-state index in [1.807, 2.05) is 50.2 Å². The molecule has 0 radical (unpaired) electrons. The van der Waals surface area contributed by atoms with Crippen LogP contribution in [0.3, 0.4) is 0 Å². The van der Waals surface area contributed by atoms with Crippen LogP contribution in [0.2, 0.25) is 0 Å². The maximum absolute atomic E-state index is 12.7. The molecule has 0 atom stereocenters. The monoisotopic (exact) mass is 470 g/mol. The number of carbonyl (C=O) groups excluding carboxylic acids is 2. The van der Waals surface area contributed by atoms with Crippen LogP contribution in [0.1, 0.15) is 32.0 Å². The molecule has 0 saturated carbocycles. The number of hydrogen-bond acceptors (Lipinski definition) is 7. The van der Waals surface area contributed by atoms with Crippen molar-refractivity contribution in [2.24, 2.45) is 0 Å². The Morgan fingerprint density at radius 1 is 0.914 bits per heavy atom. The first-order valence-electron chi connectivity index (χ1n) is 11.0. The van der Waals surface area contributed by atoms with Gasteiger partial charge in [-0.05, 0) is 43.7 Å². The Morgan fingerprint density at radius 2 is 1.74 bits per heavy atom. The molecule has 0 spiro atoms. The number of hydrogen-bond donors (Lipinski definition) is 4. The van der Waals surface area contributed by atoms with Crippen molar-refractivity contribution in [2.45, 2.75) is 13.8 Å². The lowest BCUT2D eigenvalue weighted by atomic mass is 10.1. The van der Waals surface area contributed by atoms with E-state index in [0.717, 1.165) is 16.8 Å². The zero-order valence-corrected chi connectivity index (χ0v) is 19.9. The summed E-state index contributed by atoms with van der Waals surface area (Å²) in [4.78, 5) is 33.4. The maximum atomic E-state index is 12.7. The van der Waals surface area contributed by atoms with Crippen molar-refractivity contribution in [3.05, 3.63) is 83.3 Å². The number of anilines is 4. The van der Waals surface area contributed by atoms with Gasteiger partial charge in [0, 0.05) is 43.2 Å². The molecule has 10 heteroatoms. The van der Waals surface area contributed by atoms with Crippen LogP contribution < -0.4 is 21.3 Å². The van der Waals surface area contributed by atoms with Crippen LogP contribution in [0.5, 0.6) is 0 Å². The molecular weight excluding hydrogens is 444 g/mol.